The largest absolute Gasteiger partial charge is 0.507 e. The number of ether oxygens (including phenoxy) is 2. The summed E-state index contributed by atoms with van der Waals surface area (Å²) in [4.78, 5) is 28.5. The summed E-state index contributed by atoms with van der Waals surface area (Å²) in [6.07, 6.45) is 0.611. The predicted molar refractivity (Wildman–Crippen MR) is 121 cm³/mol. The van der Waals surface area contributed by atoms with Gasteiger partial charge >= 0.3 is 0 Å². The standard InChI is InChI=1S/C25H21NO5S/c27-23(17-8-9-18-19(15-17)31-13-12-30-18)21-22(20-7-4-14-32-20)26(25(29)24(21)28)11-10-16-5-2-1-3-6-16/h1-9,14-15,22,27H,10-13H2/b23-21+/t22-/m0/s1. The lowest BCUT2D eigenvalue weighted by Crippen LogP contribution is -2.31. The van der Waals surface area contributed by atoms with Crippen LogP contribution in [0.15, 0.2) is 71.6 Å². The van der Waals surface area contributed by atoms with Gasteiger partial charge in [-0.15, -0.1) is 11.3 Å². The van der Waals surface area contributed by atoms with E-state index in [0.717, 1.165) is 10.4 Å². The summed E-state index contributed by atoms with van der Waals surface area (Å²) < 4.78 is 11.2. The van der Waals surface area contributed by atoms with Crippen molar-refractivity contribution in [1.82, 2.24) is 4.90 Å². The summed E-state index contributed by atoms with van der Waals surface area (Å²) in [5, 5.41) is 13.1. The van der Waals surface area contributed by atoms with Gasteiger partial charge in [0.2, 0.25) is 0 Å². The van der Waals surface area contributed by atoms with Crippen molar-refractivity contribution >= 4 is 28.8 Å². The van der Waals surface area contributed by atoms with E-state index < -0.39 is 17.7 Å². The van der Waals surface area contributed by atoms with Crippen LogP contribution in [0.3, 0.4) is 0 Å². The predicted octanol–water partition coefficient (Wildman–Crippen LogP) is 4.18. The van der Waals surface area contributed by atoms with Gasteiger partial charge in [0.1, 0.15) is 19.0 Å². The van der Waals surface area contributed by atoms with Gasteiger partial charge in [-0.1, -0.05) is 36.4 Å². The van der Waals surface area contributed by atoms with Crippen LogP contribution in [0, 0.1) is 0 Å². The number of aliphatic hydroxyl groups excluding tert-OH is 1. The van der Waals surface area contributed by atoms with Crippen LogP contribution in [0.25, 0.3) is 5.76 Å². The van der Waals surface area contributed by atoms with E-state index in [-0.39, 0.29) is 11.3 Å². The highest BCUT2D eigenvalue weighted by atomic mass is 32.1. The minimum Gasteiger partial charge on any atom is -0.507 e. The first kappa shape index (κ1) is 20.3. The van der Waals surface area contributed by atoms with Crippen LogP contribution in [0.4, 0.5) is 0 Å². The number of hydrogen-bond donors (Lipinski definition) is 1. The number of amides is 1. The minimum atomic E-state index is -0.677. The molecule has 1 amide bonds. The van der Waals surface area contributed by atoms with E-state index in [9.17, 15) is 14.7 Å². The molecule has 1 aromatic heterocycles. The smallest absolute Gasteiger partial charge is 0.295 e. The van der Waals surface area contributed by atoms with Crippen molar-refractivity contribution in [3.8, 4) is 11.5 Å². The van der Waals surface area contributed by atoms with E-state index in [1.54, 1.807) is 23.1 Å². The molecule has 1 saturated heterocycles. The topological polar surface area (TPSA) is 76.1 Å². The fourth-order valence-electron chi connectivity index (χ4n) is 4.09. The molecule has 32 heavy (non-hydrogen) atoms. The zero-order chi connectivity index (χ0) is 22.1. The van der Waals surface area contributed by atoms with Crippen LogP contribution >= 0.6 is 11.3 Å². The summed E-state index contributed by atoms with van der Waals surface area (Å²) in [5.41, 5.74) is 1.59. The van der Waals surface area contributed by atoms with Crippen molar-refractivity contribution in [2.24, 2.45) is 0 Å². The number of rotatable bonds is 5. The van der Waals surface area contributed by atoms with Crippen LogP contribution < -0.4 is 9.47 Å². The van der Waals surface area contributed by atoms with Crippen LogP contribution in [-0.2, 0) is 16.0 Å². The first-order valence-electron chi connectivity index (χ1n) is 10.4. The molecule has 0 spiro atoms. The molecule has 3 aromatic rings. The van der Waals surface area contributed by atoms with Crippen LogP contribution in [0.1, 0.15) is 22.0 Å². The lowest BCUT2D eigenvalue weighted by atomic mass is 9.99. The number of likely N-dealkylation sites (tertiary alicyclic amines) is 1. The molecule has 0 aliphatic carbocycles. The van der Waals surface area contributed by atoms with Crippen LogP contribution in [-0.4, -0.2) is 41.5 Å². The first-order chi connectivity index (χ1) is 15.6. The van der Waals surface area contributed by atoms with Gasteiger partial charge in [-0.3, -0.25) is 9.59 Å². The molecular weight excluding hydrogens is 426 g/mol. The molecule has 1 atom stereocenters. The summed E-state index contributed by atoms with van der Waals surface area (Å²) in [5.74, 6) is -0.389. The molecule has 1 N–H and O–H groups in total. The van der Waals surface area contributed by atoms with Gasteiger partial charge < -0.3 is 19.5 Å². The molecule has 6 nitrogen and oxygen atoms in total. The second-order valence-corrected chi connectivity index (χ2v) is 8.58. The van der Waals surface area contributed by atoms with Gasteiger partial charge in [-0.05, 0) is 41.6 Å². The van der Waals surface area contributed by atoms with Gasteiger partial charge in [0.15, 0.2) is 11.5 Å². The zero-order valence-electron chi connectivity index (χ0n) is 17.2. The lowest BCUT2D eigenvalue weighted by molar-refractivity contribution is -0.139. The molecular formula is C25H21NO5S. The Morgan fingerprint density at radius 3 is 2.53 bits per heavy atom. The van der Waals surface area contributed by atoms with Crippen molar-refractivity contribution in [3.63, 3.8) is 0 Å². The number of benzene rings is 2. The first-order valence-corrected chi connectivity index (χ1v) is 11.3. The van der Waals surface area contributed by atoms with E-state index >= 15 is 0 Å². The average Bonchev–Trinajstić information content (AvgIpc) is 3.45. The number of nitrogens with zero attached hydrogens (tertiary/aromatic N) is 1. The van der Waals surface area contributed by atoms with E-state index in [0.29, 0.717) is 43.2 Å². The monoisotopic (exact) mass is 447 g/mol. The molecule has 0 radical (unpaired) electrons. The fourth-order valence-corrected chi connectivity index (χ4v) is 4.94. The van der Waals surface area contributed by atoms with E-state index in [2.05, 4.69) is 0 Å². The summed E-state index contributed by atoms with van der Waals surface area (Å²) >= 11 is 1.45. The number of ketones is 1. The molecule has 2 aliphatic rings. The number of Topliss-reactive ketones (excluding diaryl/α,β-unsaturated/α-hetero) is 1. The van der Waals surface area contributed by atoms with E-state index in [1.807, 2.05) is 47.8 Å². The molecule has 5 rings (SSSR count). The van der Waals surface area contributed by atoms with Crippen LogP contribution in [0.2, 0.25) is 0 Å². The molecule has 7 heteroatoms. The van der Waals surface area contributed by atoms with Gasteiger partial charge in [-0.25, -0.2) is 0 Å². The summed E-state index contributed by atoms with van der Waals surface area (Å²) in [6.45, 7) is 1.24. The maximum absolute atomic E-state index is 13.1. The lowest BCUT2D eigenvalue weighted by Gasteiger charge is -2.24. The SMILES string of the molecule is O=C1C(=O)N(CCc2ccccc2)[C@@H](c2cccs2)/C1=C(\O)c1ccc2c(c1)OCCO2. The normalized spacial score (nSPS) is 19.4. The second-order valence-electron chi connectivity index (χ2n) is 7.60. The molecule has 162 valence electrons. The van der Waals surface area contributed by atoms with E-state index in [1.165, 1.54) is 11.3 Å². The number of carbonyl (C=O) groups is 2. The molecule has 0 unspecified atom stereocenters. The quantitative estimate of drug-likeness (QED) is 0.361. The average molecular weight is 448 g/mol. The Balaban J connectivity index is 1.54. The molecule has 0 saturated carbocycles. The van der Waals surface area contributed by atoms with Crippen molar-refractivity contribution < 1.29 is 24.2 Å². The highest BCUT2D eigenvalue weighted by Crippen LogP contribution is 2.42. The Bertz CT molecular complexity index is 1190. The maximum atomic E-state index is 13.1. The third-order valence-electron chi connectivity index (χ3n) is 5.65. The number of hydrogen-bond acceptors (Lipinski definition) is 6. The van der Waals surface area contributed by atoms with Crippen molar-refractivity contribution in [2.45, 2.75) is 12.5 Å². The molecule has 3 heterocycles. The fraction of sp³-hybridized carbons (Fsp3) is 0.200. The molecule has 2 aliphatic heterocycles. The zero-order valence-corrected chi connectivity index (χ0v) is 18.0. The van der Waals surface area contributed by atoms with Gasteiger partial charge in [-0.2, -0.15) is 0 Å². The van der Waals surface area contributed by atoms with Crippen molar-refractivity contribution in [2.75, 3.05) is 19.8 Å². The Kier molecular flexibility index (Phi) is 5.41. The third kappa shape index (κ3) is 3.65. The van der Waals surface area contributed by atoms with Gasteiger partial charge in [0.25, 0.3) is 11.7 Å². The number of carbonyl (C=O) groups excluding carboxylic acids is 2. The number of fused-ring (bicyclic) bond motifs is 1. The summed E-state index contributed by atoms with van der Waals surface area (Å²) in [7, 11) is 0. The van der Waals surface area contributed by atoms with Crippen molar-refractivity contribution in [3.05, 3.63) is 87.6 Å². The molecule has 2 aromatic carbocycles. The Hall–Kier alpha value is -3.58. The summed E-state index contributed by atoms with van der Waals surface area (Å²) in [6, 6.07) is 18.0. The number of aliphatic hydroxyl groups is 1. The Labute approximate surface area is 189 Å². The van der Waals surface area contributed by atoms with Gasteiger partial charge in [0.05, 0.1) is 11.6 Å². The number of thiophene rings is 1. The molecule has 0 bridgehead atoms. The van der Waals surface area contributed by atoms with Gasteiger partial charge in [0, 0.05) is 17.0 Å². The second kappa shape index (κ2) is 8.51. The molecule has 1 fully saturated rings. The van der Waals surface area contributed by atoms with Crippen LogP contribution in [0.5, 0.6) is 11.5 Å². The van der Waals surface area contributed by atoms with E-state index in [4.69, 9.17) is 9.47 Å². The highest BCUT2D eigenvalue weighted by molar-refractivity contribution is 7.10. The highest BCUT2D eigenvalue weighted by Gasteiger charge is 2.46. The maximum Gasteiger partial charge on any atom is 0.295 e. The van der Waals surface area contributed by atoms with Crippen molar-refractivity contribution in [1.29, 1.82) is 0 Å². The Morgan fingerprint density at radius 2 is 1.78 bits per heavy atom. The minimum absolute atomic E-state index is 0.0992. The third-order valence-corrected chi connectivity index (χ3v) is 6.58. The Morgan fingerprint density at radius 1 is 1.00 bits per heavy atom.